The molecule has 1 aliphatic rings. The van der Waals surface area contributed by atoms with Crippen LogP contribution in [0.15, 0.2) is 55.1 Å². The Morgan fingerprint density at radius 2 is 1.80 bits per heavy atom. The van der Waals surface area contributed by atoms with E-state index in [9.17, 15) is 4.39 Å². The maximum absolute atomic E-state index is 13.5. The second kappa shape index (κ2) is 8.74. The molecule has 1 aromatic carbocycles. The number of aromatic nitrogens is 3. The Morgan fingerprint density at radius 3 is 2.43 bits per heavy atom. The monoisotopic (exact) mass is 404 g/mol. The zero-order valence-electron chi connectivity index (χ0n) is 16.6. The number of nitriles is 1. The van der Waals surface area contributed by atoms with Crippen molar-refractivity contribution >= 4 is 17.3 Å². The van der Waals surface area contributed by atoms with Crippen molar-refractivity contribution in [3.63, 3.8) is 0 Å². The zero-order chi connectivity index (χ0) is 20.9. The van der Waals surface area contributed by atoms with E-state index < -0.39 is 0 Å². The number of rotatable bonds is 5. The minimum atomic E-state index is -0.273. The van der Waals surface area contributed by atoms with Gasteiger partial charge in [0.25, 0.3) is 0 Å². The summed E-state index contributed by atoms with van der Waals surface area (Å²) in [5.74, 6) is 1.07. The average molecular weight is 404 g/mol. The fourth-order valence-corrected chi connectivity index (χ4v) is 3.74. The van der Waals surface area contributed by atoms with Gasteiger partial charge in [0.1, 0.15) is 23.3 Å². The van der Waals surface area contributed by atoms with E-state index in [1.54, 1.807) is 44.0 Å². The number of halogens is 1. The van der Waals surface area contributed by atoms with Crippen LogP contribution in [-0.2, 0) is 0 Å². The molecule has 0 atom stereocenters. The Hall–Kier alpha value is -3.73. The first kappa shape index (κ1) is 19.6. The van der Waals surface area contributed by atoms with Gasteiger partial charge in [0, 0.05) is 37.1 Å². The highest BCUT2D eigenvalue weighted by molar-refractivity contribution is 5.69. The van der Waals surface area contributed by atoms with Crippen LogP contribution >= 0.6 is 0 Å². The van der Waals surface area contributed by atoms with Gasteiger partial charge in [-0.25, -0.2) is 14.4 Å². The summed E-state index contributed by atoms with van der Waals surface area (Å²) in [7, 11) is 1.63. The molecule has 4 rings (SSSR count). The van der Waals surface area contributed by atoms with Crippen molar-refractivity contribution in [2.24, 2.45) is 0 Å². The fraction of sp³-hybridized carbons (Fsp3) is 0.273. The number of anilines is 3. The maximum Gasteiger partial charge on any atom is 0.225 e. The minimum Gasteiger partial charge on any atom is -0.494 e. The lowest BCUT2D eigenvalue weighted by Gasteiger charge is -2.40. The second-order valence-corrected chi connectivity index (χ2v) is 7.00. The Bertz CT molecular complexity index is 1030. The van der Waals surface area contributed by atoms with Crippen molar-refractivity contribution in [1.82, 2.24) is 15.0 Å². The molecule has 0 spiro atoms. The fourth-order valence-electron chi connectivity index (χ4n) is 3.74. The molecule has 1 fully saturated rings. The second-order valence-electron chi connectivity index (χ2n) is 7.00. The van der Waals surface area contributed by atoms with Crippen LogP contribution in [0.2, 0.25) is 0 Å². The number of piperidine rings is 1. The van der Waals surface area contributed by atoms with Crippen LogP contribution in [0.25, 0.3) is 0 Å². The number of nitrogens with zero attached hydrogens (tertiary/aromatic N) is 6. The van der Waals surface area contributed by atoms with Crippen LogP contribution in [0.1, 0.15) is 18.4 Å². The van der Waals surface area contributed by atoms with E-state index in [2.05, 4.69) is 24.8 Å². The quantitative estimate of drug-likeness (QED) is 0.642. The highest BCUT2D eigenvalue weighted by Crippen LogP contribution is 2.37. The number of ether oxygens (including phenoxy) is 1. The number of benzene rings is 1. The summed E-state index contributed by atoms with van der Waals surface area (Å²) in [4.78, 5) is 17.2. The topological polar surface area (TPSA) is 78.2 Å². The van der Waals surface area contributed by atoms with E-state index in [0.29, 0.717) is 17.3 Å². The third-order valence-electron chi connectivity index (χ3n) is 5.23. The SMILES string of the molecule is COc1ccncc1N(c1ccc(F)cc1)C1CCN(c2ncc(C#N)cn2)CC1. The molecular weight excluding hydrogens is 383 g/mol. The standard InChI is InChI=1S/C22H21FN6O/c1-30-21-6-9-25-15-20(21)29(18-4-2-17(23)3-5-18)19-7-10-28(11-8-19)22-26-13-16(12-24)14-27-22/h2-6,9,13-15,19H,7-8,10-11H2,1H3. The molecule has 0 amide bonds. The van der Waals surface area contributed by atoms with Gasteiger partial charge in [0.2, 0.25) is 5.95 Å². The smallest absolute Gasteiger partial charge is 0.225 e. The van der Waals surface area contributed by atoms with Crippen molar-refractivity contribution in [2.45, 2.75) is 18.9 Å². The molecule has 2 aromatic heterocycles. The molecule has 7 nitrogen and oxygen atoms in total. The van der Waals surface area contributed by atoms with E-state index in [1.165, 1.54) is 12.1 Å². The number of hydrogen-bond acceptors (Lipinski definition) is 7. The lowest BCUT2D eigenvalue weighted by atomic mass is 10.0. The highest BCUT2D eigenvalue weighted by Gasteiger charge is 2.29. The first-order chi connectivity index (χ1) is 14.7. The molecule has 0 aliphatic carbocycles. The van der Waals surface area contributed by atoms with Gasteiger partial charge in [0.05, 0.1) is 31.3 Å². The third-order valence-corrected chi connectivity index (χ3v) is 5.23. The molecule has 0 radical (unpaired) electrons. The van der Waals surface area contributed by atoms with Crippen LogP contribution in [0, 0.1) is 17.1 Å². The Kier molecular flexibility index (Phi) is 5.70. The minimum absolute atomic E-state index is 0.170. The predicted molar refractivity (Wildman–Crippen MR) is 111 cm³/mol. The van der Waals surface area contributed by atoms with Gasteiger partial charge >= 0.3 is 0 Å². The van der Waals surface area contributed by atoms with Crippen molar-refractivity contribution in [3.05, 3.63) is 66.5 Å². The van der Waals surface area contributed by atoms with E-state index in [0.717, 1.165) is 37.3 Å². The molecule has 1 aliphatic heterocycles. The highest BCUT2D eigenvalue weighted by atomic mass is 19.1. The zero-order valence-corrected chi connectivity index (χ0v) is 16.6. The van der Waals surface area contributed by atoms with Gasteiger partial charge in [0.15, 0.2) is 0 Å². The molecule has 3 aromatic rings. The van der Waals surface area contributed by atoms with Gasteiger partial charge in [-0.15, -0.1) is 0 Å². The summed E-state index contributed by atoms with van der Waals surface area (Å²) in [6.07, 6.45) is 8.24. The molecule has 152 valence electrons. The first-order valence-electron chi connectivity index (χ1n) is 9.69. The third kappa shape index (κ3) is 4.01. The van der Waals surface area contributed by atoms with Gasteiger partial charge in [-0.05, 0) is 37.1 Å². The number of methoxy groups -OCH3 is 1. The normalized spacial score (nSPS) is 14.2. The Balaban J connectivity index is 1.59. The first-order valence-corrected chi connectivity index (χ1v) is 9.69. The van der Waals surface area contributed by atoms with Gasteiger partial charge in [-0.1, -0.05) is 0 Å². The van der Waals surface area contributed by atoms with Crippen LogP contribution in [-0.4, -0.2) is 41.2 Å². The molecule has 0 unspecified atom stereocenters. The lowest BCUT2D eigenvalue weighted by Crippen LogP contribution is -2.44. The van der Waals surface area contributed by atoms with Crippen LogP contribution in [0.4, 0.5) is 21.7 Å². The summed E-state index contributed by atoms with van der Waals surface area (Å²) in [6.45, 7) is 1.52. The summed E-state index contributed by atoms with van der Waals surface area (Å²) in [5.41, 5.74) is 2.18. The molecule has 3 heterocycles. The molecule has 0 N–H and O–H groups in total. The van der Waals surface area contributed by atoms with Gasteiger partial charge in [-0.2, -0.15) is 5.26 Å². The van der Waals surface area contributed by atoms with E-state index in [4.69, 9.17) is 10.00 Å². The molecule has 0 bridgehead atoms. The van der Waals surface area contributed by atoms with Crippen molar-refractivity contribution in [3.8, 4) is 11.8 Å². The van der Waals surface area contributed by atoms with Crippen molar-refractivity contribution in [2.75, 3.05) is 30.0 Å². The molecular formula is C22H21FN6O. The van der Waals surface area contributed by atoms with Crippen LogP contribution < -0.4 is 14.5 Å². The predicted octanol–water partition coefficient (Wildman–Crippen LogP) is 3.70. The van der Waals surface area contributed by atoms with E-state index in [-0.39, 0.29) is 11.9 Å². The summed E-state index contributed by atoms with van der Waals surface area (Å²) < 4.78 is 19.1. The summed E-state index contributed by atoms with van der Waals surface area (Å²) in [6, 6.07) is 10.5. The van der Waals surface area contributed by atoms with E-state index in [1.807, 2.05) is 12.1 Å². The number of hydrogen-bond donors (Lipinski definition) is 0. The van der Waals surface area contributed by atoms with Crippen LogP contribution in [0.5, 0.6) is 5.75 Å². The Labute approximate surface area is 174 Å². The number of pyridine rings is 1. The summed E-state index contributed by atoms with van der Waals surface area (Å²) >= 11 is 0. The molecule has 8 heteroatoms. The molecule has 1 saturated heterocycles. The van der Waals surface area contributed by atoms with E-state index >= 15 is 0 Å². The largest absolute Gasteiger partial charge is 0.494 e. The molecule has 30 heavy (non-hydrogen) atoms. The Morgan fingerprint density at radius 1 is 1.10 bits per heavy atom. The van der Waals surface area contributed by atoms with Crippen molar-refractivity contribution < 1.29 is 9.13 Å². The van der Waals surface area contributed by atoms with Crippen molar-refractivity contribution in [1.29, 1.82) is 5.26 Å². The maximum atomic E-state index is 13.5. The summed E-state index contributed by atoms with van der Waals surface area (Å²) in [5, 5.41) is 8.92. The van der Waals surface area contributed by atoms with Gasteiger partial charge < -0.3 is 14.5 Å². The average Bonchev–Trinajstić information content (AvgIpc) is 2.81. The van der Waals surface area contributed by atoms with Crippen LogP contribution in [0.3, 0.4) is 0 Å². The van der Waals surface area contributed by atoms with Gasteiger partial charge in [-0.3, -0.25) is 4.98 Å². The molecule has 0 saturated carbocycles. The lowest BCUT2D eigenvalue weighted by molar-refractivity contribution is 0.410.